The highest BCUT2D eigenvalue weighted by Crippen LogP contribution is 2.09. The summed E-state index contributed by atoms with van der Waals surface area (Å²) in [5.74, 6) is 0.350. The van der Waals surface area contributed by atoms with Crippen LogP contribution in [0.1, 0.15) is 0 Å². The van der Waals surface area contributed by atoms with Gasteiger partial charge in [-0.05, 0) is 0 Å². The van der Waals surface area contributed by atoms with Crippen molar-refractivity contribution in [1.82, 2.24) is 9.62 Å². The summed E-state index contributed by atoms with van der Waals surface area (Å²) in [4.78, 5) is 9.96. The van der Waals surface area contributed by atoms with Crippen LogP contribution in [0.3, 0.4) is 0 Å². The first-order valence-electron chi connectivity index (χ1n) is 3.69. The van der Waals surface area contributed by atoms with Crippen molar-refractivity contribution < 1.29 is 14.6 Å². The quantitative estimate of drug-likeness (QED) is 0.451. The van der Waals surface area contributed by atoms with Gasteiger partial charge in [-0.2, -0.15) is 0 Å². The average Bonchev–Trinajstić information content (AvgIpc) is 2.05. The Bertz CT molecular complexity index is 150. The molecule has 1 fully saturated rings. The number of rotatable bonds is 3. The summed E-state index contributed by atoms with van der Waals surface area (Å²) < 4.78 is 7.19. The molecule has 1 amide bonds. The van der Waals surface area contributed by atoms with E-state index >= 15 is 0 Å². The van der Waals surface area contributed by atoms with Gasteiger partial charge in [0, 0.05) is 13.1 Å². The Hall–Kier alpha value is -0.460. The molecule has 0 saturated carbocycles. The largest absolute Gasteiger partial charge is 0.530 e. The van der Waals surface area contributed by atoms with E-state index in [0.29, 0.717) is 5.88 Å². The molecule has 0 atom stereocenters. The topological polar surface area (TPSA) is 64.6 Å². The van der Waals surface area contributed by atoms with E-state index in [1.807, 2.05) is 0 Å². The molecule has 0 aromatic heterocycles. The van der Waals surface area contributed by atoms with E-state index in [-0.39, 0.29) is 0 Å². The molecule has 0 aromatic rings. The third-order valence-corrected chi connectivity index (χ3v) is 2.44. The number of amides is 1. The molecule has 1 aliphatic rings. The highest BCUT2D eigenvalue weighted by molar-refractivity contribution is 7.96. The molecule has 0 spiro atoms. The van der Waals surface area contributed by atoms with Crippen molar-refractivity contribution in [3.8, 4) is 0 Å². The molecule has 1 rings (SSSR count). The molecule has 6 heteroatoms. The lowest BCUT2D eigenvalue weighted by Gasteiger charge is -2.25. The lowest BCUT2D eigenvalue weighted by molar-refractivity contribution is -0.250. The molecular weight excluding hydrogens is 180 g/mol. The predicted octanol–water partition coefficient (Wildman–Crippen LogP) is -1.14. The van der Waals surface area contributed by atoms with Crippen molar-refractivity contribution in [3.05, 3.63) is 0 Å². The van der Waals surface area contributed by atoms with Crippen molar-refractivity contribution in [3.63, 3.8) is 0 Å². The SMILES string of the molecule is O=C([O-])NCSN1CCOCC1. The number of carboxylic acid groups (broad SMARTS) is 1. The smallest absolute Gasteiger partial charge is 0.134 e. The van der Waals surface area contributed by atoms with E-state index in [2.05, 4.69) is 9.62 Å². The molecule has 1 aliphatic heterocycles. The molecule has 5 nitrogen and oxygen atoms in total. The summed E-state index contributed by atoms with van der Waals surface area (Å²) in [7, 11) is 0. The molecule has 12 heavy (non-hydrogen) atoms. The van der Waals surface area contributed by atoms with Crippen LogP contribution in [0.5, 0.6) is 0 Å². The van der Waals surface area contributed by atoms with Crippen LogP contribution in [0.2, 0.25) is 0 Å². The third-order valence-electron chi connectivity index (χ3n) is 1.43. The Morgan fingerprint density at radius 3 is 2.83 bits per heavy atom. The van der Waals surface area contributed by atoms with Crippen LogP contribution in [-0.4, -0.2) is 42.6 Å². The molecule has 0 aliphatic carbocycles. The summed E-state index contributed by atoms with van der Waals surface area (Å²) in [6.45, 7) is 3.13. The van der Waals surface area contributed by atoms with Gasteiger partial charge >= 0.3 is 0 Å². The Kier molecular flexibility index (Phi) is 4.20. The van der Waals surface area contributed by atoms with Gasteiger partial charge in [-0.25, -0.2) is 4.31 Å². The van der Waals surface area contributed by atoms with Crippen molar-refractivity contribution >= 4 is 18.0 Å². The molecule has 1 saturated heterocycles. The van der Waals surface area contributed by atoms with Crippen LogP contribution in [-0.2, 0) is 4.74 Å². The maximum Gasteiger partial charge on any atom is 0.134 e. The summed E-state index contributed by atoms with van der Waals surface area (Å²) in [5.41, 5.74) is 0. The number of nitrogens with one attached hydrogen (secondary N) is 1. The second-order valence-corrected chi connectivity index (χ2v) is 3.34. The number of carbonyl (C=O) groups excluding carboxylic acids is 1. The minimum atomic E-state index is -1.23. The Morgan fingerprint density at radius 2 is 2.25 bits per heavy atom. The summed E-state index contributed by atoms with van der Waals surface area (Å²) >= 11 is 1.45. The van der Waals surface area contributed by atoms with Crippen LogP contribution in [0, 0.1) is 0 Å². The van der Waals surface area contributed by atoms with Gasteiger partial charge in [0.15, 0.2) is 0 Å². The fourth-order valence-corrected chi connectivity index (χ4v) is 1.63. The first-order chi connectivity index (χ1) is 5.79. The molecule has 0 radical (unpaired) electrons. The minimum absolute atomic E-state index is 0.350. The number of hydrogen-bond donors (Lipinski definition) is 1. The van der Waals surface area contributed by atoms with Crippen LogP contribution in [0.15, 0.2) is 0 Å². The maximum absolute atomic E-state index is 9.96. The number of ether oxygens (including phenoxy) is 1. The van der Waals surface area contributed by atoms with Crippen molar-refractivity contribution in [1.29, 1.82) is 0 Å². The standard InChI is InChI=1S/C6H12N2O3S/c9-6(10)7-5-12-8-1-3-11-4-2-8/h7H,1-5H2,(H,9,10)/p-1. The predicted molar refractivity (Wildman–Crippen MR) is 43.4 cm³/mol. The summed E-state index contributed by atoms with van der Waals surface area (Å²) in [6, 6.07) is 0. The van der Waals surface area contributed by atoms with E-state index < -0.39 is 6.09 Å². The van der Waals surface area contributed by atoms with E-state index in [1.54, 1.807) is 0 Å². The average molecular weight is 191 g/mol. The van der Waals surface area contributed by atoms with E-state index in [0.717, 1.165) is 26.3 Å². The van der Waals surface area contributed by atoms with Gasteiger partial charge in [0.05, 0.1) is 19.1 Å². The first-order valence-corrected chi connectivity index (χ1v) is 4.64. The van der Waals surface area contributed by atoms with E-state index in [9.17, 15) is 9.90 Å². The van der Waals surface area contributed by atoms with Gasteiger partial charge in [-0.15, -0.1) is 0 Å². The van der Waals surface area contributed by atoms with Gasteiger partial charge in [-0.1, -0.05) is 11.9 Å². The molecule has 0 unspecified atom stereocenters. The zero-order valence-corrected chi connectivity index (χ0v) is 7.43. The van der Waals surface area contributed by atoms with Crippen molar-refractivity contribution in [2.24, 2.45) is 0 Å². The Balaban J connectivity index is 2.01. The molecule has 0 bridgehead atoms. The molecule has 0 aromatic carbocycles. The molecule has 70 valence electrons. The molecular formula is C6H11N2O3S-. The monoisotopic (exact) mass is 191 g/mol. The van der Waals surface area contributed by atoms with Crippen LogP contribution in [0.4, 0.5) is 4.79 Å². The van der Waals surface area contributed by atoms with Crippen molar-refractivity contribution in [2.45, 2.75) is 0 Å². The molecule has 1 heterocycles. The van der Waals surface area contributed by atoms with E-state index in [4.69, 9.17) is 4.74 Å². The summed E-state index contributed by atoms with van der Waals surface area (Å²) in [5, 5.41) is 12.1. The first kappa shape index (κ1) is 9.63. The lowest BCUT2D eigenvalue weighted by atomic mass is 10.5. The zero-order valence-electron chi connectivity index (χ0n) is 6.62. The summed E-state index contributed by atoms with van der Waals surface area (Å²) in [6.07, 6.45) is -1.23. The fourth-order valence-electron chi connectivity index (χ4n) is 0.858. The second kappa shape index (κ2) is 5.23. The van der Waals surface area contributed by atoms with Gasteiger partial charge in [0.25, 0.3) is 0 Å². The fraction of sp³-hybridized carbons (Fsp3) is 0.833. The normalized spacial score (nSPS) is 19.0. The maximum atomic E-state index is 9.96. The van der Waals surface area contributed by atoms with Crippen LogP contribution >= 0.6 is 11.9 Å². The van der Waals surface area contributed by atoms with Gasteiger partial charge < -0.3 is 20.0 Å². The van der Waals surface area contributed by atoms with Gasteiger partial charge in [0.2, 0.25) is 0 Å². The van der Waals surface area contributed by atoms with Gasteiger partial charge in [0.1, 0.15) is 6.09 Å². The number of nitrogens with zero attached hydrogens (tertiary/aromatic N) is 1. The zero-order chi connectivity index (χ0) is 8.81. The molecule has 1 N–H and O–H groups in total. The highest BCUT2D eigenvalue weighted by Gasteiger charge is 2.09. The second-order valence-electron chi connectivity index (χ2n) is 2.28. The number of hydrogen-bond acceptors (Lipinski definition) is 5. The minimum Gasteiger partial charge on any atom is -0.530 e. The number of carbonyl (C=O) groups is 1. The van der Waals surface area contributed by atoms with Crippen LogP contribution in [0.25, 0.3) is 0 Å². The number of morpholine rings is 1. The van der Waals surface area contributed by atoms with E-state index in [1.165, 1.54) is 11.9 Å². The Morgan fingerprint density at radius 1 is 1.58 bits per heavy atom. The highest BCUT2D eigenvalue weighted by atomic mass is 32.2. The lowest BCUT2D eigenvalue weighted by Crippen LogP contribution is -2.38. The van der Waals surface area contributed by atoms with Crippen molar-refractivity contribution in [2.75, 3.05) is 32.2 Å². The third kappa shape index (κ3) is 3.80. The Labute approximate surface area is 75.2 Å². The van der Waals surface area contributed by atoms with Crippen LogP contribution < -0.4 is 10.4 Å². The van der Waals surface area contributed by atoms with Gasteiger partial charge in [-0.3, -0.25) is 0 Å².